The number of allylic oxidation sites excluding steroid dienone is 4. The van der Waals surface area contributed by atoms with Gasteiger partial charge in [-0.15, -0.1) is 0 Å². The first-order valence-corrected chi connectivity index (χ1v) is 24.2. The number of rotatable bonds is 48. The number of quaternary nitrogens is 1. The van der Waals surface area contributed by atoms with Gasteiger partial charge in [0.15, 0.2) is 0 Å². The molecule has 0 radical (unpaired) electrons. The summed E-state index contributed by atoms with van der Waals surface area (Å²) in [6.07, 6.45) is 46.8. The molecule has 342 valence electrons. The minimum absolute atomic E-state index is 0. The number of aliphatic hydroxyl groups is 1. The van der Waals surface area contributed by atoms with Crippen LogP contribution in [0.2, 0.25) is 0 Å². The van der Waals surface area contributed by atoms with Gasteiger partial charge in [-0.05, 0) is 64.2 Å². The molecule has 0 aliphatic rings. The van der Waals surface area contributed by atoms with E-state index in [1.54, 1.807) is 0 Å². The van der Waals surface area contributed by atoms with Gasteiger partial charge in [0.2, 0.25) is 0 Å². The molecule has 1 unspecified atom stereocenters. The van der Waals surface area contributed by atoms with Crippen LogP contribution in [-0.4, -0.2) is 109 Å². The molecule has 0 saturated carbocycles. The summed E-state index contributed by atoms with van der Waals surface area (Å²) in [7, 11) is 4.54. The number of hydrogen-bond acceptors (Lipinski definition) is 6. The van der Waals surface area contributed by atoms with Crippen LogP contribution in [0.3, 0.4) is 0 Å². The molecule has 0 aliphatic carbocycles. The van der Waals surface area contributed by atoms with Crippen molar-refractivity contribution in [3.63, 3.8) is 0 Å². The van der Waals surface area contributed by atoms with E-state index in [0.29, 0.717) is 46.2 Å². The van der Waals surface area contributed by atoms with Gasteiger partial charge in [0.25, 0.3) is 0 Å². The molecule has 7 nitrogen and oxygen atoms in total. The van der Waals surface area contributed by atoms with Crippen molar-refractivity contribution >= 4 is 0 Å². The maximum Gasteiger partial charge on any atom is 0.130 e. The molecule has 0 rings (SSSR count). The summed E-state index contributed by atoms with van der Waals surface area (Å²) in [6.45, 7) is 12.0. The Hall–Kier alpha value is -0.510. The van der Waals surface area contributed by atoms with E-state index < -0.39 is 0 Å². The van der Waals surface area contributed by atoms with Crippen LogP contribution in [-0.2, 0) is 23.7 Å². The maximum absolute atomic E-state index is 8.77. The summed E-state index contributed by atoms with van der Waals surface area (Å²) < 4.78 is 30.2. The minimum atomic E-state index is 0. The molecule has 0 amide bonds. The zero-order chi connectivity index (χ0) is 40.7. The molecule has 0 aromatic heterocycles. The fourth-order valence-corrected chi connectivity index (χ4v) is 6.98. The molecule has 0 spiro atoms. The molecule has 1 N–H and O–H groups in total. The van der Waals surface area contributed by atoms with Crippen molar-refractivity contribution in [2.45, 2.75) is 200 Å². The average molecular weight is 833 g/mol. The van der Waals surface area contributed by atoms with Gasteiger partial charge < -0.3 is 45.7 Å². The predicted molar refractivity (Wildman–Crippen MR) is 241 cm³/mol. The van der Waals surface area contributed by atoms with Crippen molar-refractivity contribution in [2.24, 2.45) is 0 Å². The number of halogens is 1. The lowest BCUT2D eigenvalue weighted by molar-refractivity contribution is -0.894. The van der Waals surface area contributed by atoms with Gasteiger partial charge >= 0.3 is 0 Å². The van der Waals surface area contributed by atoms with E-state index >= 15 is 0 Å². The van der Waals surface area contributed by atoms with Crippen LogP contribution in [0.5, 0.6) is 0 Å². The minimum Gasteiger partial charge on any atom is -1.00 e. The Morgan fingerprint density at radius 1 is 0.421 bits per heavy atom. The first kappa shape index (κ1) is 58.6. The van der Waals surface area contributed by atoms with Crippen molar-refractivity contribution in [2.75, 3.05) is 93.3 Å². The van der Waals surface area contributed by atoms with Crippen LogP contribution < -0.4 is 12.4 Å². The Kier molecular flexibility index (Phi) is 51.2. The number of nitrogens with zero attached hydrogens (tertiary/aromatic N) is 1. The smallest absolute Gasteiger partial charge is 0.130 e. The fraction of sp³-hybridized carbons (Fsp3) is 0.918. The SMILES string of the molecule is CCCCCCCC/C=C\CCCCCCCCOCC(C[N+](C)(C)CCOCCOCCOCCO)OCCCCCCCC/C=C\CCCCCCCC.[Cl-]. The Balaban J connectivity index is 0. The molecule has 57 heavy (non-hydrogen) atoms. The first-order chi connectivity index (χ1) is 27.6. The third-order valence-electron chi connectivity index (χ3n) is 10.6. The summed E-state index contributed by atoms with van der Waals surface area (Å²) in [6, 6.07) is 0. The highest BCUT2D eigenvalue weighted by atomic mass is 35.5. The lowest BCUT2D eigenvalue weighted by atomic mass is 10.1. The third kappa shape index (κ3) is 49.8. The molecule has 0 saturated heterocycles. The summed E-state index contributed by atoms with van der Waals surface area (Å²) in [5.41, 5.74) is 0. The highest BCUT2D eigenvalue weighted by Crippen LogP contribution is 2.13. The normalized spacial score (nSPS) is 12.6. The van der Waals surface area contributed by atoms with E-state index in [1.807, 2.05) is 0 Å². The van der Waals surface area contributed by atoms with Gasteiger partial charge in [0.05, 0.1) is 67.0 Å². The Morgan fingerprint density at radius 3 is 1.23 bits per heavy atom. The lowest BCUT2D eigenvalue weighted by Gasteiger charge is -2.33. The van der Waals surface area contributed by atoms with E-state index in [-0.39, 0.29) is 25.1 Å². The predicted octanol–water partition coefficient (Wildman–Crippen LogP) is 9.59. The molecule has 0 aromatic rings. The number of hydrogen-bond donors (Lipinski definition) is 1. The van der Waals surface area contributed by atoms with Gasteiger partial charge in [-0.2, -0.15) is 0 Å². The molecule has 0 bridgehead atoms. The largest absolute Gasteiger partial charge is 1.00 e. The van der Waals surface area contributed by atoms with Crippen LogP contribution in [0.1, 0.15) is 194 Å². The van der Waals surface area contributed by atoms with Crippen LogP contribution in [0.15, 0.2) is 24.3 Å². The second kappa shape index (κ2) is 49.8. The Bertz CT molecular complexity index is 798. The van der Waals surface area contributed by atoms with Gasteiger partial charge in [0.1, 0.15) is 19.2 Å². The monoisotopic (exact) mass is 832 g/mol. The number of unbranched alkanes of at least 4 members (excludes halogenated alkanes) is 24. The van der Waals surface area contributed by atoms with Crippen LogP contribution in [0.25, 0.3) is 0 Å². The van der Waals surface area contributed by atoms with Crippen molar-refractivity contribution in [3.05, 3.63) is 24.3 Å². The van der Waals surface area contributed by atoms with Crippen molar-refractivity contribution in [3.8, 4) is 0 Å². The van der Waals surface area contributed by atoms with Gasteiger partial charge in [-0.1, -0.05) is 154 Å². The Labute approximate surface area is 361 Å². The Morgan fingerprint density at radius 2 is 0.789 bits per heavy atom. The molecular weight excluding hydrogens is 734 g/mol. The highest BCUT2D eigenvalue weighted by Gasteiger charge is 2.23. The number of ether oxygens (including phenoxy) is 5. The fourth-order valence-electron chi connectivity index (χ4n) is 6.98. The molecular formula is C49H98ClNO6. The van der Waals surface area contributed by atoms with Gasteiger partial charge in [-0.3, -0.25) is 0 Å². The van der Waals surface area contributed by atoms with E-state index in [9.17, 15) is 0 Å². The molecule has 0 aliphatic heterocycles. The lowest BCUT2D eigenvalue weighted by Crippen LogP contribution is -3.00. The maximum atomic E-state index is 8.77. The highest BCUT2D eigenvalue weighted by molar-refractivity contribution is 4.82. The van der Waals surface area contributed by atoms with E-state index in [1.165, 1.54) is 167 Å². The zero-order valence-corrected chi connectivity index (χ0v) is 39.2. The summed E-state index contributed by atoms with van der Waals surface area (Å²) >= 11 is 0. The van der Waals surface area contributed by atoms with Crippen molar-refractivity contribution in [1.29, 1.82) is 0 Å². The second-order valence-electron chi connectivity index (χ2n) is 16.8. The molecule has 0 heterocycles. The first-order valence-electron chi connectivity index (χ1n) is 24.2. The van der Waals surface area contributed by atoms with Crippen molar-refractivity contribution in [1.82, 2.24) is 0 Å². The van der Waals surface area contributed by atoms with Crippen LogP contribution in [0, 0.1) is 0 Å². The quantitative estimate of drug-likeness (QED) is 0.0375. The number of aliphatic hydroxyl groups excluding tert-OH is 1. The van der Waals surface area contributed by atoms with Gasteiger partial charge in [-0.25, -0.2) is 0 Å². The zero-order valence-electron chi connectivity index (χ0n) is 38.5. The van der Waals surface area contributed by atoms with Gasteiger partial charge in [0, 0.05) is 13.2 Å². The molecule has 1 atom stereocenters. The molecule has 0 aromatic carbocycles. The molecule has 8 heteroatoms. The van der Waals surface area contributed by atoms with E-state index in [2.05, 4.69) is 52.2 Å². The number of likely N-dealkylation sites (N-methyl/N-ethyl adjacent to an activating group) is 1. The molecule has 0 fully saturated rings. The topological polar surface area (TPSA) is 66.4 Å². The summed E-state index contributed by atoms with van der Waals surface area (Å²) in [5.74, 6) is 0. The van der Waals surface area contributed by atoms with Crippen LogP contribution in [0.4, 0.5) is 0 Å². The average Bonchev–Trinajstić information content (AvgIpc) is 3.19. The van der Waals surface area contributed by atoms with Crippen molar-refractivity contribution < 1.29 is 45.7 Å². The van der Waals surface area contributed by atoms with Crippen LogP contribution >= 0.6 is 0 Å². The third-order valence-corrected chi connectivity index (χ3v) is 10.6. The second-order valence-corrected chi connectivity index (χ2v) is 16.8. The van der Waals surface area contributed by atoms with E-state index in [0.717, 1.165) is 43.6 Å². The van der Waals surface area contributed by atoms with E-state index in [4.69, 9.17) is 28.8 Å². The summed E-state index contributed by atoms with van der Waals surface area (Å²) in [5, 5.41) is 8.77. The standard InChI is InChI=1S/C49H98NO6.ClH/c1-5-7-9-11-13-15-17-19-21-23-25-27-29-31-33-35-39-55-48-49(47-50(3,4)37-41-52-43-45-54-46-44-53-42-38-51)56-40-36-34-32-30-28-26-24-22-20-18-16-14-12-10-8-6-2;/h19-22,49,51H,5-18,23-48H2,1-4H3;1H/q+1;/p-1/b21-19-,22-20-;. The summed E-state index contributed by atoms with van der Waals surface area (Å²) in [4.78, 5) is 0.